The number of anilines is 1. The number of nitrogens with zero attached hydrogens (tertiary/aromatic N) is 6. The van der Waals surface area contributed by atoms with E-state index in [1.165, 1.54) is 10.6 Å². The Labute approximate surface area is 227 Å². The lowest BCUT2D eigenvalue weighted by Gasteiger charge is -2.40. The molecule has 8 nitrogen and oxygen atoms in total. The molecule has 0 aliphatic carbocycles. The quantitative estimate of drug-likeness (QED) is 0.409. The number of nitrogens with one attached hydrogen (secondary N) is 1. The number of aromatic nitrogens is 4. The highest BCUT2D eigenvalue weighted by Gasteiger charge is 2.30. The maximum Gasteiger partial charge on any atom is 0.355 e. The minimum Gasteiger partial charge on any atom is -0.348 e. The van der Waals surface area contributed by atoms with Crippen molar-refractivity contribution in [1.82, 2.24) is 24.8 Å². The van der Waals surface area contributed by atoms with E-state index in [2.05, 4.69) is 40.1 Å². The van der Waals surface area contributed by atoms with E-state index in [1.54, 1.807) is 24.4 Å². The topological polar surface area (TPSA) is 99.7 Å². The Morgan fingerprint density at radius 2 is 1.82 bits per heavy atom. The van der Waals surface area contributed by atoms with Crippen LogP contribution in [0.5, 0.6) is 0 Å². The first-order valence-corrected chi connectivity index (χ1v) is 13.2. The van der Waals surface area contributed by atoms with Gasteiger partial charge >= 0.3 is 5.69 Å². The number of pyridine rings is 2. The summed E-state index contributed by atoms with van der Waals surface area (Å²) in [6.45, 7) is 13.4. The molecule has 0 saturated carbocycles. The highest BCUT2D eigenvalue weighted by molar-refractivity contribution is 5.92. The lowest BCUT2D eigenvalue weighted by molar-refractivity contribution is 0.429. The van der Waals surface area contributed by atoms with Gasteiger partial charge in [0, 0.05) is 36.9 Å². The number of piperazine rings is 1. The van der Waals surface area contributed by atoms with E-state index in [1.807, 2.05) is 33.8 Å². The van der Waals surface area contributed by atoms with Crippen molar-refractivity contribution in [3.05, 3.63) is 75.2 Å². The van der Waals surface area contributed by atoms with E-state index in [9.17, 15) is 10.1 Å². The molecule has 1 saturated heterocycles. The zero-order valence-corrected chi connectivity index (χ0v) is 23.1. The zero-order chi connectivity index (χ0) is 28.0. The summed E-state index contributed by atoms with van der Waals surface area (Å²) in [5, 5.41) is 14.1. The van der Waals surface area contributed by atoms with Gasteiger partial charge in [0.15, 0.2) is 5.65 Å². The Balaban J connectivity index is 1.96. The molecule has 5 rings (SSSR count). The van der Waals surface area contributed by atoms with E-state index in [4.69, 9.17) is 4.98 Å². The molecule has 3 aromatic heterocycles. The first kappa shape index (κ1) is 26.4. The van der Waals surface area contributed by atoms with Crippen LogP contribution in [0.15, 0.2) is 41.3 Å². The van der Waals surface area contributed by atoms with Gasteiger partial charge in [0.2, 0.25) is 0 Å². The fourth-order valence-corrected chi connectivity index (χ4v) is 5.47. The predicted octanol–water partition coefficient (Wildman–Crippen LogP) is 4.78. The molecular formula is C30H32FN7O. The smallest absolute Gasteiger partial charge is 0.348 e. The minimum atomic E-state index is -0.499. The molecule has 1 aromatic carbocycles. The van der Waals surface area contributed by atoms with Gasteiger partial charge in [-0.3, -0.25) is 4.98 Å². The molecule has 39 heavy (non-hydrogen) atoms. The van der Waals surface area contributed by atoms with Gasteiger partial charge in [0.25, 0.3) is 0 Å². The second-order valence-corrected chi connectivity index (χ2v) is 10.7. The van der Waals surface area contributed by atoms with Crippen molar-refractivity contribution in [3.8, 4) is 23.0 Å². The molecule has 0 radical (unpaired) electrons. The van der Waals surface area contributed by atoms with Crippen molar-refractivity contribution in [2.24, 2.45) is 0 Å². The summed E-state index contributed by atoms with van der Waals surface area (Å²) in [5.41, 5.74) is 3.43. The molecule has 2 atom stereocenters. The minimum absolute atomic E-state index is 0.0156. The summed E-state index contributed by atoms with van der Waals surface area (Å²) in [6.07, 6.45) is 1.72. The van der Waals surface area contributed by atoms with Crippen LogP contribution in [0.25, 0.3) is 28.0 Å². The van der Waals surface area contributed by atoms with E-state index in [0.29, 0.717) is 22.5 Å². The summed E-state index contributed by atoms with van der Waals surface area (Å²) in [6, 6.07) is 10.6. The number of benzene rings is 1. The Morgan fingerprint density at radius 1 is 1.10 bits per heavy atom. The molecule has 9 heteroatoms. The Bertz CT molecular complexity index is 1680. The fourth-order valence-electron chi connectivity index (χ4n) is 5.47. The van der Waals surface area contributed by atoms with Crippen LogP contribution in [-0.4, -0.2) is 44.7 Å². The lowest BCUT2D eigenvalue weighted by Crippen LogP contribution is -2.56. The first-order chi connectivity index (χ1) is 18.6. The lowest BCUT2D eigenvalue weighted by atomic mass is 10.0. The number of hydrogen-bond acceptors (Lipinski definition) is 7. The van der Waals surface area contributed by atoms with Crippen molar-refractivity contribution in [1.29, 1.82) is 5.26 Å². The molecule has 1 aliphatic heterocycles. The fraction of sp³-hybridized carbons (Fsp3) is 0.367. The predicted molar refractivity (Wildman–Crippen MR) is 151 cm³/mol. The van der Waals surface area contributed by atoms with Gasteiger partial charge in [0.05, 0.1) is 28.0 Å². The monoisotopic (exact) mass is 525 g/mol. The standard InChI is InChI=1S/C30H32FN7O/c1-16(2)25-27(18(4)9-10-34-25)38-28-23(29(36-30(38)39)37-19(5)14-33-15-20(37)6)12-21(13-32)26(35-28)22-11-17(3)7-8-24(22)31/h7-12,16,19-20,33H,14-15H2,1-6H3/t19-,20-/m0/s1. The van der Waals surface area contributed by atoms with E-state index < -0.39 is 11.5 Å². The van der Waals surface area contributed by atoms with Crippen LogP contribution in [0.3, 0.4) is 0 Å². The number of fused-ring (bicyclic) bond motifs is 1. The Kier molecular flexibility index (Phi) is 6.91. The summed E-state index contributed by atoms with van der Waals surface area (Å²) in [7, 11) is 0. The van der Waals surface area contributed by atoms with Gasteiger partial charge in [-0.1, -0.05) is 25.5 Å². The summed E-state index contributed by atoms with van der Waals surface area (Å²) < 4.78 is 16.6. The summed E-state index contributed by atoms with van der Waals surface area (Å²) in [5.74, 6) is -0.000586. The molecule has 0 unspecified atom stereocenters. The molecule has 1 fully saturated rings. The highest BCUT2D eigenvalue weighted by atomic mass is 19.1. The maximum atomic E-state index is 15.1. The molecule has 0 amide bonds. The van der Waals surface area contributed by atoms with E-state index >= 15 is 4.39 Å². The average molecular weight is 526 g/mol. The van der Waals surface area contributed by atoms with Gasteiger partial charge in [0.1, 0.15) is 17.7 Å². The molecule has 0 bridgehead atoms. The Hall–Kier alpha value is -4.16. The zero-order valence-electron chi connectivity index (χ0n) is 23.1. The van der Waals surface area contributed by atoms with E-state index in [0.717, 1.165) is 29.9 Å². The van der Waals surface area contributed by atoms with Crippen LogP contribution >= 0.6 is 0 Å². The number of halogens is 1. The molecule has 200 valence electrons. The van der Waals surface area contributed by atoms with Crippen LogP contribution in [0.4, 0.5) is 10.2 Å². The highest BCUT2D eigenvalue weighted by Crippen LogP contribution is 2.34. The number of aryl methyl sites for hydroxylation is 2. The summed E-state index contributed by atoms with van der Waals surface area (Å²) in [4.78, 5) is 30.2. The third-order valence-corrected chi connectivity index (χ3v) is 7.34. The number of nitriles is 1. The van der Waals surface area contributed by atoms with Crippen molar-refractivity contribution >= 4 is 16.9 Å². The molecule has 0 spiro atoms. The van der Waals surface area contributed by atoms with Crippen LogP contribution in [0, 0.1) is 31.0 Å². The van der Waals surface area contributed by atoms with Crippen molar-refractivity contribution in [2.75, 3.05) is 18.0 Å². The number of hydrogen-bond donors (Lipinski definition) is 1. The van der Waals surface area contributed by atoms with Crippen LogP contribution in [0.2, 0.25) is 0 Å². The van der Waals surface area contributed by atoms with Crippen LogP contribution in [-0.2, 0) is 0 Å². The third-order valence-electron chi connectivity index (χ3n) is 7.34. The van der Waals surface area contributed by atoms with Gasteiger partial charge in [-0.15, -0.1) is 0 Å². The van der Waals surface area contributed by atoms with Crippen LogP contribution in [0.1, 0.15) is 56.0 Å². The Morgan fingerprint density at radius 3 is 2.49 bits per heavy atom. The second kappa shape index (κ2) is 10.2. The third kappa shape index (κ3) is 4.55. The average Bonchev–Trinajstić information content (AvgIpc) is 2.89. The van der Waals surface area contributed by atoms with Gasteiger partial charge in [-0.25, -0.2) is 18.7 Å². The SMILES string of the molecule is Cc1ccc(F)c(-c2nc3c(cc2C#N)c(N2[C@@H](C)CNC[C@@H]2C)nc(=O)n3-c2c(C)ccnc2C(C)C)c1. The van der Waals surface area contributed by atoms with E-state index in [-0.39, 0.29) is 34.8 Å². The molecule has 4 aromatic rings. The first-order valence-electron chi connectivity index (χ1n) is 13.2. The molecule has 1 N–H and O–H groups in total. The largest absolute Gasteiger partial charge is 0.355 e. The second-order valence-electron chi connectivity index (χ2n) is 10.7. The van der Waals surface area contributed by atoms with Gasteiger partial charge < -0.3 is 10.2 Å². The van der Waals surface area contributed by atoms with Gasteiger partial charge in [-0.2, -0.15) is 10.2 Å². The normalized spacial score (nSPS) is 17.6. The molecule has 1 aliphatic rings. The van der Waals surface area contributed by atoms with Crippen molar-refractivity contribution in [2.45, 2.75) is 59.5 Å². The van der Waals surface area contributed by atoms with Crippen molar-refractivity contribution in [3.63, 3.8) is 0 Å². The molecular weight excluding hydrogens is 493 g/mol. The van der Waals surface area contributed by atoms with Crippen LogP contribution < -0.4 is 15.9 Å². The summed E-state index contributed by atoms with van der Waals surface area (Å²) >= 11 is 0. The maximum absolute atomic E-state index is 15.1. The molecule has 4 heterocycles. The number of rotatable bonds is 4. The van der Waals surface area contributed by atoms with Crippen molar-refractivity contribution < 1.29 is 4.39 Å². The van der Waals surface area contributed by atoms with Gasteiger partial charge in [-0.05, 0) is 63.4 Å².